The molecule has 0 aromatic carbocycles. The first-order valence-corrected chi connectivity index (χ1v) is 8.92. The highest BCUT2D eigenvalue weighted by Crippen LogP contribution is 2.33. The van der Waals surface area contributed by atoms with Crippen LogP contribution in [0.15, 0.2) is 10.5 Å². The Labute approximate surface area is 136 Å². The maximum absolute atomic E-state index is 12.2. The van der Waals surface area contributed by atoms with Gasteiger partial charge < -0.3 is 19.8 Å². The van der Waals surface area contributed by atoms with Crippen molar-refractivity contribution in [1.82, 2.24) is 10.6 Å². The molecule has 5 nitrogen and oxygen atoms in total. The number of carbonyl (C=O) groups is 1. The minimum absolute atomic E-state index is 0.0719. The van der Waals surface area contributed by atoms with Crippen molar-refractivity contribution in [3.8, 4) is 0 Å². The molecule has 0 saturated carbocycles. The number of amides is 2. The molecule has 0 spiro atoms. The van der Waals surface area contributed by atoms with E-state index in [0.29, 0.717) is 6.54 Å². The number of urea groups is 1. The van der Waals surface area contributed by atoms with Crippen molar-refractivity contribution in [2.45, 2.75) is 44.4 Å². The second kappa shape index (κ2) is 7.42. The van der Waals surface area contributed by atoms with Gasteiger partial charge in [0.2, 0.25) is 0 Å². The van der Waals surface area contributed by atoms with Crippen LogP contribution in [-0.4, -0.2) is 36.8 Å². The molecule has 124 valence electrons. The molecular weight excluding hydrogens is 300 g/mol. The topological polar surface area (TPSA) is 63.5 Å². The third-order valence-corrected chi connectivity index (χ3v) is 5.72. The Balaban J connectivity index is 1.86. The summed E-state index contributed by atoms with van der Waals surface area (Å²) in [5.74, 6) is 1.72. The summed E-state index contributed by atoms with van der Waals surface area (Å²) in [6, 6.07) is 1.77. The van der Waals surface area contributed by atoms with Crippen molar-refractivity contribution in [3.05, 3.63) is 23.2 Å². The fourth-order valence-corrected chi connectivity index (χ4v) is 3.64. The van der Waals surface area contributed by atoms with E-state index in [1.807, 2.05) is 38.6 Å². The summed E-state index contributed by atoms with van der Waals surface area (Å²) in [6.45, 7) is 8.01. The third kappa shape index (κ3) is 4.20. The quantitative estimate of drug-likeness (QED) is 0.872. The summed E-state index contributed by atoms with van der Waals surface area (Å²) in [5.41, 5.74) is 1.03. The van der Waals surface area contributed by atoms with Crippen molar-refractivity contribution in [2.24, 2.45) is 0 Å². The van der Waals surface area contributed by atoms with Crippen LogP contribution in [0.4, 0.5) is 4.79 Å². The third-order valence-electron chi connectivity index (χ3n) is 4.30. The van der Waals surface area contributed by atoms with Gasteiger partial charge in [0.05, 0.1) is 6.04 Å². The molecule has 1 fully saturated rings. The normalized spacial score (nSPS) is 18.7. The zero-order valence-corrected chi connectivity index (χ0v) is 14.6. The SMILES string of the molecule is CSC1(CNC(=O)N[C@H](C)c2cc(C)oc2C)CCOCC1. The van der Waals surface area contributed by atoms with E-state index in [9.17, 15) is 4.79 Å². The Morgan fingerprint density at radius 3 is 2.64 bits per heavy atom. The van der Waals surface area contributed by atoms with Crippen molar-refractivity contribution in [3.63, 3.8) is 0 Å². The van der Waals surface area contributed by atoms with Crippen LogP contribution in [0.25, 0.3) is 0 Å². The van der Waals surface area contributed by atoms with Gasteiger partial charge in [-0.3, -0.25) is 0 Å². The molecule has 22 heavy (non-hydrogen) atoms. The van der Waals surface area contributed by atoms with Crippen molar-refractivity contribution in [2.75, 3.05) is 26.0 Å². The second-order valence-electron chi connectivity index (χ2n) is 5.92. The molecule has 1 aliphatic heterocycles. The minimum atomic E-state index is -0.134. The lowest BCUT2D eigenvalue weighted by Gasteiger charge is -2.35. The molecule has 2 rings (SSSR count). The second-order valence-corrected chi connectivity index (χ2v) is 7.19. The molecule has 1 aromatic rings. The molecule has 1 atom stereocenters. The van der Waals surface area contributed by atoms with Gasteiger partial charge in [-0.25, -0.2) is 4.79 Å². The van der Waals surface area contributed by atoms with E-state index in [4.69, 9.17) is 9.15 Å². The van der Waals surface area contributed by atoms with E-state index in [1.165, 1.54) is 0 Å². The van der Waals surface area contributed by atoms with Gasteiger partial charge in [0, 0.05) is 30.1 Å². The maximum Gasteiger partial charge on any atom is 0.315 e. The number of hydrogen-bond donors (Lipinski definition) is 2. The summed E-state index contributed by atoms with van der Waals surface area (Å²) < 4.78 is 11.0. The van der Waals surface area contributed by atoms with Gasteiger partial charge in [0.1, 0.15) is 11.5 Å². The molecule has 1 aromatic heterocycles. The lowest BCUT2D eigenvalue weighted by atomic mass is 9.99. The first kappa shape index (κ1) is 17.2. The van der Waals surface area contributed by atoms with Crippen molar-refractivity contribution >= 4 is 17.8 Å². The molecule has 0 bridgehead atoms. The predicted octanol–water partition coefficient (Wildman–Crippen LogP) is 3.17. The molecule has 6 heteroatoms. The minimum Gasteiger partial charge on any atom is -0.466 e. The highest BCUT2D eigenvalue weighted by molar-refractivity contribution is 8.00. The standard InChI is InChI=1S/C16H26N2O3S/c1-11-9-14(13(3)21-11)12(2)18-15(19)17-10-16(22-4)5-7-20-8-6-16/h9,12H,5-8,10H2,1-4H3,(H2,17,18,19)/t12-/m1/s1. The number of aryl methyl sites for hydroxylation is 2. The van der Waals surface area contributed by atoms with E-state index in [1.54, 1.807) is 0 Å². The van der Waals surface area contributed by atoms with Crippen LogP contribution in [0.3, 0.4) is 0 Å². The summed E-state index contributed by atoms with van der Waals surface area (Å²) >= 11 is 1.82. The Morgan fingerprint density at radius 1 is 1.41 bits per heavy atom. The first-order chi connectivity index (χ1) is 10.5. The first-order valence-electron chi connectivity index (χ1n) is 7.70. The molecule has 0 aliphatic carbocycles. The molecule has 2 heterocycles. The maximum atomic E-state index is 12.2. The van der Waals surface area contributed by atoms with Crippen LogP contribution in [0.1, 0.15) is 42.9 Å². The molecule has 1 aliphatic rings. The van der Waals surface area contributed by atoms with Gasteiger partial charge >= 0.3 is 6.03 Å². The number of furan rings is 1. The van der Waals surface area contributed by atoms with E-state index in [2.05, 4.69) is 16.9 Å². The Morgan fingerprint density at radius 2 is 2.09 bits per heavy atom. The largest absolute Gasteiger partial charge is 0.466 e. The molecule has 2 N–H and O–H groups in total. The monoisotopic (exact) mass is 326 g/mol. The van der Waals surface area contributed by atoms with E-state index >= 15 is 0 Å². The fraction of sp³-hybridized carbons (Fsp3) is 0.688. The molecule has 0 radical (unpaired) electrons. The van der Waals surface area contributed by atoms with Gasteiger partial charge in [0.15, 0.2) is 0 Å². The van der Waals surface area contributed by atoms with Gasteiger partial charge in [-0.2, -0.15) is 11.8 Å². The smallest absolute Gasteiger partial charge is 0.315 e. The highest BCUT2D eigenvalue weighted by atomic mass is 32.2. The van der Waals surface area contributed by atoms with Gasteiger partial charge in [-0.05, 0) is 45.9 Å². The number of carbonyl (C=O) groups excluding carboxylic acids is 1. The van der Waals surface area contributed by atoms with Gasteiger partial charge in [-0.15, -0.1) is 0 Å². The number of ether oxygens (including phenoxy) is 1. The van der Waals surface area contributed by atoms with Gasteiger partial charge in [-0.1, -0.05) is 0 Å². The summed E-state index contributed by atoms with van der Waals surface area (Å²) in [4.78, 5) is 12.2. The van der Waals surface area contributed by atoms with E-state index in [0.717, 1.165) is 43.1 Å². The number of thioether (sulfide) groups is 1. The zero-order valence-electron chi connectivity index (χ0n) is 13.8. The predicted molar refractivity (Wildman–Crippen MR) is 89.4 cm³/mol. The molecule has 0 unspecified atom stereocenters. The lowest BCUT2D eigenvalue weighted by molar-refractivity contribution is 0.0777. The van der Waals surface area contributed by atoms with Crippen LogP contribution >= 0.6 is 11.8 Å². The lowest BCUT2D eigenvalue weighted by Crippen LogP contribution is -2.47. The van der Waals surface area contributed by atoms with Crippen LogP contribution in [-0.2, 0) is 4.74 Å². The summed E-state index contributed by atoms with van der Waals surface area (Å²) in [6.07, 6.45) is 4.05. The average molecular weight is 326 g/mol. The van der Waals surface area contributed by atoms with Crippen LogP contribution in [0.5, 0.6) is 0 Å². The Kier molecular flexibility index (Phi) is 5.81. The molecule has 1 saturated heterocycles. The van der Waals surface area contributed by atoms with Crippen molar-refractivity contribution < 1.29 is 13.9 Å². The number of hydrogen-bond acceptors (Lipinski definition) is 4. The summed E-state index contributed by atoms with van der Waals surface area (Å²) in [5, 5.41) is 5.99. The van der Waals surface area contributed by atoms with Crippen LogP contribution < -0.4 is 10.6 Å². The van der Waals surface area contributed by atoms with Crippen molar-refractivity contribution in [1.29, 1.82) is 0 Å². The zero-order chi connectivity index (χ0) is 16.2. The average Bonchev–Trinajstić information content (AvgIpc) is 2.85. The Bertz CT molecular complexity index is 509. The van der Waals surface area contributed by atoms with E-state index in [-0.39, 0.29) is 16.8 Å². The summed E-state index contributed by atoms with van der Waals surface area (Å²) in [7, 11) is 0. The van der Waals surface area contributed by atoms with Crippen LogP contribution in [0, 0.1) is 13.8 Å². The molecular formula is C16H26N2O3S. The van der Waals surface area contributed by atoms with Crippen LogP contribution in [0.2, 0.25) is 0 Å². The fourth-order valence-electron chi connectivity index (χ4n) is 2.84. The molecule has 2 amide bonds. The Hall–Kier alpha value is -1.14. The number of rotatable bonds is 5. The number of nitrogens with one attached hydrogen (secondary N) is 2. The van der Waals surface area contributed by atoms with E-state index < -0.39 is 0 Å². The highest BCUT2D eigenvalue weighted by Gasteiger charge is 2.32. The van der Waals surface area contributed by atoms with Gasteiger partial charge in [0.25, 0.3) is 0 Å².